The lowest BCUT2D eigenvalue weighted by atomic mass is 10.0. The van der Waals surface area contributed by atoms with Crippen molar-refractivity contribution >= 4 is 47.2 Å². The van der Waals surface area contributed by atoms with Crippen molar-refractivity contribution in [3.8, 4) is 0 Å². The van der Waals surface area contributed by atoms with E-state index in [9.17, 15) is 4.79 Å². The fourth-order valence-electron chi connectivity index (χ4n) is 2.77. The number of amides is 1. The molecule has 1 aromatic rings. The van der Waals surface area contributed by atoms with Gasteiger partial charge in [-0.2, -0.15) is 0 Å². The molecular weight excluding hydrogens is 371 g/mol. The Bertz CT molecular complexity index is 581. The Balaban J connectivity index is 0.00000288. The number of benzene rings is 1. The van der Waals surface area contributed by atoms with Crippen molar-refractivity contribution in [2.75, 3.05) is 19.8 Å². The van der Waals surface area contributed by atoms with E-state index in [1.807, 2.05) is 11.0 Å². The number of carbonyl (C=O) groups excluding carboxylic acids is 1. The van der Waals surface area contributed by atoms with Crippen molar-refractivity contribution in [2.24, 2.45) is 0 Å². The van der Waals surface area contributed by atoms with E-state index in [-0.39, 0.29) is 30.8 Å². The Hall–Kier alpha value is -0.810. The summed E-state index contributed by atoms with van der Waals surface area (Å²) >= 11 is 11.9. The van der Waals surface area contributed by atoms with E-state index in [1.165, 1.54) is 0 Å². The van der Waals surface area contributed by atoms with Gasteiger partial charge < -0.3 is 15.0 Å². The maximum Gasteiger partial charge on any atom is 0.227 e. The van der Waals surface area contributed by atoms with Crippen molar-refractivity contribution in [1.82, 2.24) is 4.90 Å². The maximum atomic E-state index is 12.6. The number of hydrogen-bond acceptors (Lipinski definition) is 3. The lowest BCUT2D eigenvalue weighted by Crippen LogP contribution is -2.50. The molecule has 2 rings (SSSR count). The van der Waals surface area contributed by atoms with Gasteiger partial charge in [0.15, 0.2) is 0 Å². The second-order valence-electron chi connectivity index (χ2n) is 5.80. The molecule has 1 aliphatic rings. The molecule has 134 valence electrons. The molecule has 1 heterocycles. The van der Waals surface area contributed by atoms with E-state index in [4.69, 9.17) is 33.3 Å². The van der Waals surface area contributed by atoms with Crippen LogP contribution in [0.3, 0.4) is 0 Å². The van der Waals surface area contributed by atoms with Crippen molar-refractivity contribution in [3.05, 3.63) is 33.8 Å². The van der Waals surface area contributed by atoms with Crippen LogP contribution in [0.15, 0.2) is 18.2 Å². The molecule has 1 N–H and O–H groups in total. The first kappa shape index (κ1) is 21.2. The number of morpholine rings is 1. The molecule has 1 fully saturated rings. The summed E-state index contributed by atoms with van der Waals surface area (Å²) in [4.78, 5) is 14.5. The van der Waals surface area contributed by atoms with Crippen molar-refractivity contribution in [2.45, 2.75) is 38.6 Å². The molecule has 0 saturated carbocycles. The van der Waals surface area contributed by atoms with Gasteiger partial charge in [-0.25, -0.2) is 0 Å². The molecule has 0 bridgehead atoms. The second kappa shape index (κ2) is 10.2. The van der Waals surface area contributed by atoms with E-state index < -0.39 is 0 Å². The number of nitrogens with one attached hydrogen (secondary N) is 1. The first-order valence-corrected chi connectivity index (χ1v) is 8.64. The van der Waals surface area contributed by atoms with Gasteiger partial charge >= 0.3 is 0 Å². The predicted molar refractivity (Wildman–Crippen MR) is 101 cm³/mol. The molecule has 1 saturated heterocycles. The molecular formula is C17H23Cl3N2O2. The van der Waals surface area contributed by atoms with E-state index in [0.29, 0.717) is 41.9 Å². The summed E-state index contributed by atoms with van der Waals surface area (Å²) in [6.07, 6.45) is 2.59. The number of halogens is 3. The van der Waals surface area contributed by atoms with Crippen LogP contribution in [0.2, 0.25) is 10.0 Å². The Labute approximate surface area is 159 Å². The minimum Gasteiger partial charge on any atom is -0.377 e. The summed E-state index contributed by atoms with van der Waals surface area (Å²) in [5.41, 5.74) is 1.52. The van der Waals surface area contributed by atoms with E-state index in [1.54, 1.807) is 12.1 Å². The lowest BCUT2D eigenvalue weighted by Gasteiger charge is -2.36. The van der Waals surface area contributed by atoms with Gasteiger partial charge in [-0.05, 0) is 24.1 Å². The smallest absolute Gasteiger partial charge is 0.227 e. The maximum absolute atomic E-state index is 12.6. The van der Waals surface area contributed by atoms with Crippen molar-refractivity contribution in [3.63, 3.8) is 0 Å². The first-order valence-electron chi connectivity index (χ1n) is 7.88. The topological polar surface area (TPSA) is 53.4 Å². The largest absolute Gasteiger partial charge is 0.377 e. The van der Waals surface area contributed by atoms with E-state index >= 15 is 0 Å². The highest BCUT2D eigenvalue weighted by Gasteiger charge is 2.28. The van der Waals surface area contributed by atoms with Crippen LogP contribution in [0, 0.1) is 5.41 Å². The Morgan fingerprint density at radius 2 is 2.12 bits per heavy atom. The monoisotopic (exact) mass is 392 g/mol. The molecule has 0 radical (unpaired) electrons. The van der Waals surface area contributed by atoms with Gasteiger partial charge in [-0.1, -0.05) is 42.6 Å². The quantitative estimate of drug-likeness (QED) is 0.728. The molecule has 0 aromatic heterocycles. The van der Waals surface area contributed by atoms with Gasteiger partial charge in [0.05, 0.1) is 35.7 Å². The van der Waals surface area contributed by atoms with Crippen LogP contribution in [-0.2, 0) is 16.0 Å². The third-order valence-corrected chi connectivity index (χ3v) is 4.66. The van der Waals surface area contributed by atoms with Crippen molar-refractivity contribution in [1.29, 1.82) is 5.41 Å². The zero-order valence-electron chi connectivity index (χ0n) is 13.7. The molecule has 1 aliphatic heterocycles. The van der Waals surface area contributed by atoms with Crippen LogP contribution >= 0.6 is 35.6 Å². The summed E-state index contributed by atoms with van der Waals surface area (Å²) in [7, 11) is 0. The van der Waals surface area contributed by atoms with Crippen LogP contribution in [0.1, 0.15) is 31.7 Å². The van der Waals surface area contributed by atoms with Crippen LogP contribution < -0.4 is 0 Å². The number of carbonyl (C=O) groups is 1. The van der Waals surface area contributed by atoms with Crippen LogP contribution in [0.5, 0.6) is 0 Å². The summed E-state index contributed by atoms with van der Waals surface area (Å²) in [5, 5.41) is 8.95. The third-order valence-electron chi connectivity index (χ3n) is 3.92. The lowest BCUT2D eigenvalue weighted by molar-refractivity contribution is -0.138. The molecule has 1 amide bonds. The fraction of sp³-hybridized carbons (Fsp3) is 0.529. The van der Waals surface area contributed by atoms with E-state index in [0.717, 1.165) is 18.4 Å². The molecule has 0 spiro atoms. The van der Waals surface area contributed by atoms with Gasteiger partial charge in [-0.3, -0.25) is 4.79 Å². The number of nitrogens with zero attached hydrogens (tertiary/aromatic N) is 1. The summed E-state index contributed by atoms with van der Waals surface area (Å²) < 4.78 is 5.50. The van der Waals surface area contributed by atoms with Gasteiger partial charge in [0.25, 0.3) is 0 Å². The fourth-order valence-corrected chi connectivity index (χ4v) is 3.09. The molecule has 0 aliphatic carbocycles. The Morgan fingerprint density at radius 3 is 2.79 bits per heavy atom. The van der Waals surface area contributed by atoms with Gasteiger partial charge in [0.1, 0.15) is 0 Å². The second-order valence-corrected chi connectivity index (χ2v) is 6.61. The first-order chi connectivity index (χ1) is 11.0. The van der Waals surface area contributed by atoms with Gasteiger partial charge in [-0.15, -0.1) is 12.4 Å². The number of hydrogen-bond donors (Lipinski definition) is 1. The number of ether oxygens (including phenoxy) is 1. The Kier molecular flexibility index (Phi) is 9.06. The normalized spacial score (nSPS) is 17.3. The van der Waals surface area contributed by atoms with Gasteiger partial charge in [0.2, 0.25) is 5.91 Å². The molecule has 24 heavy (non-hydrogen) atoms. The highest BCUT2D eigenvalue weighted by molar-refractivity contribution is 6.42. The highest BCUT2D eigenvalue weighted by Crippen LogP contribution is 2.23. The van der Waals surface area contributed by atoms with Gasteiger partial charge in [0, 0.05) is 18.7 Å². The molecule has 1 aromatic carbocycles. The molecule has 4 nitrogen and oxygen atoms in total. The van der Waals surface area contributed by atoms with E-state index in [2.05, 4.69) is 6.92 Å². The minimum absolute atomic E-state index is 0. The zero-order chi connectivity index (χ0) is 16.8. The summed E-state index contributed by atoms with van der Waals surface area (Å²) in [5.74, 6) is 0.0426. The molecule has 7 heteroatoms. The molecule has 1 atom stereocenters. The zero-order valence-corrected chi connectivity index (χ0v) is 16.0. The summed E-state index contributed by atoms with van der Waals surface area (Å²) in [6, 6.07) is 5.22. The van der Waals surface area contributed by atoms with Crippen LogP contribution in [0.4, 0.5) is 0 Å². The third kappa shape index (κ3) is 5.92. The van der Waals surface area contributed by atoms with Crippen LogP contribution in [-0.4, -0.2) is 42.3 Å². The SMILES string of the molecule is CCCC(=N)CC1COCCN1C(=O)Cc1ccc(Cl)c(Cl)c1.Cl. The Morgan fingerprint density at radius 1 is 1.38 bits per heavy atom. The standard InChI is InChI=1S/C17H22Cl2N2O2.ClH/c1-2-3-13(20)10-14-11-23-7-6-21(14)17(22)9-12-4-5-15(18)16(19)8-12;/h4-5,8,14,20H,2-3,6-7,9-11H2,1H3;1H. The van der Waals surface area contributed by atoms with Crippen molar-refractivity contribution < 1.29 is 9.53 Å². The molecule has 1 unspecified atom stereocenters. The minimum atomic E-state index is -0.0435. The average Bonchev–Trinajstić information content (AvgIpc) is 2.51. The number of rotatable bonds is 6. The summed E-state index contributed by atoms with van der Waals surface area (Å²) in [6.45, 7) is 3.67. The average molecular weight is 394 g/mol. The highest BCUT2D eigenvalue weighted by atomic mass is 35.5. The predicted octanol–water partition coefficient (Wildman–Crippen LogP) is 4.40. The van der Waals surface area contributed by atoms with Crippen LogP contribution in [0.25, 0.3) is 0 Å².